The maximum atomic E-state index is 13.9. The lowest BCUT2D eigenvalue weighted by Gasteiger charge is -2.37. The van der Waals surface area contributed by atoms with E-state index in [1.165, 1.54) is 0 Å². The van der Waals surface area contributed by atoms with Gasteiger partial charge < -0.3 is 15.1 Å². The van der Waals surface area contributed by atoms with Crippen molar-refractivity contribution in [3.05, 3.63) is 29.1 Å². The first-order valence-electron chi connectivity index (χ1n) is 7.98. The molecule has 1 heterocycles. The van der Waals surface area contributed by atoms with Crippen LogP contribution in [0.15, 0.2) is 0 Å². The van der Waals surface area contributed by atoms with E-state index >= 15 is 0 Å². The van der Waals surface area contributed by atoms with Crippen LogP contribution in [0.1, 0.15) is 20.3 Å². The molecule has 26 heavy (non-hydrogen) atoms. The molecule has 10 heteroatoms. The maximum absolute atomic E-state index is 13.9. The number of halogens is 5. The SMILES string of the molecule is CC(C)CC(=O)NC(=S)N1CCN(c2c(F)c(F)c(F)c(F)c2F)CC1. The third-order valence-electron chi connectivity index (χ3n) is 3.91. The Balaban J connectivity index is 2.05. The topological polar surface area (TPSA) is 35.6 Å². The molecular formula is C16H18F5N3OS. The number of piperazine rings is 1. The molecule has 2 rings (SSSR count). The van der Waals surface area contributed by atoms with E-state index in [4.69, 9.17) is 12.2 Å². The molecule has 0 aliphatic carbocycles. The Morgan fingerprint density at radius 3 is 1.88 bits per heavy atom. The van der Waals surface area contributed by atoms with Crippen molar-refractivity contribution >= 4 is 28.9 Å². The Morgan fingerprint density at radius 1 is 0.962 bits per heavy atom. The van der Waals surface area contributed by atoms with Gasteiger partial charge in [0.05, 0.1) is 0 Å². The molecule has 1 fully saturated rings. The summed E-state index contributed by atoms with van der Waals surface area (Å²) in [5.41, 5.74) is -0.948. The highest BCUT2D eigenvalue weighted by molar-refractivity contribution is 7.80. The molecule has 1 saturated heterocycles. The van der Waals surface area contributed by atoms with E-state index in [0.29, 0.717) is 6.42 Å². The van der Waals surface area contributed by atoms with Gasteiger partial charge in [-0.1, -0.05) is 13.8 Å². The average Bonchev–Trinajstić information content (AvgIpc) is 2.58. The predicted molar refractivity (Wildman–Crippen MR) is 90.2 cm³/mol. The summed E-state index contributed by atoms with van der Waals surface area (Å²) in [6, 6.07) is 0. The third-order valence-corrected chi connectivity index (χ3v) is 4.27. The Hall–Kier alpha value is -1.97. The highest BCUT2D eigenvalue weighted by Crippen LogP contribution is 2.30. The van der Waals surface area contributed by atoms with Gasteiger partial charge in [-0.25, -0.2) is 22.0 Å². The summed E-state index contributed by atoms with van der Waals surface area (Å²) in [6.45, 7) is 4.06. The molecule has 0 aromatic heterocycles. The minimum atomic E-state index is -2.18. The zero-order valence-corrected chi connectivity index (χ0v) is 15.0. The van der Waals surface area contributed by atoms with Crippen molar-refractivity contribution in [2.24, 2.45) is 5.92 Å². The highest BCUT2D eigenvalue weighted by Gasteiger charge is 2.31. The molecule has 1 aromatic carbocycles. The van der Waals surface area contributed by atoms with E-state index in [-0.39, 0.29) is 43.1 Å². The van der Waals surface area contributed by atoms with Gasteiger partial charge in [-0.05, 0) is 18.1 Å². The van der Waals surface area contributed by atoms with Crippen molar-refractivity contribution in [1.29, 1.82) is 0 Å². The number of benzene rings is 1. The fraction of sp³-hybridized carbons (Fsp3) is 0.500. The molecule has 1 aliphatic rings. The molecule has 0 spiro atoms. The lowest BCUT2D eigenvalue weighted by atomic mass is 10.1. The van der Waals surface area contributed by atoms with Crippen molar-refractivity contribution in [3.8, 4) is 0 Å². The maximum Gasteiger partial charge on any atom is 0.226 e. The number of nitrogens with one attached hydrogen (secondary N) is 1. The lowest BCUT2D eigenvalue weighted by Crippen LogP contribution is -2.53. The van der Waals surface area contributed by atoms with Gasteiger partial charge in [0, 0.05) is 32.6 Å². The van der Waals surface area contributed by atoms with E-state index in [2.05, 4.69) is 5.32 Å². The normalized spacial score (nSPS) is 14.8. The zero-order valence-electron chi connectivity index (χ0n) is 14.2. The van der Waals surface area contributed by atoms with Crippen LogP contribution in [-0.2, 0) is 4.79 Å². The first-order valence-corrected chi connectivity index (χ1v) is 8.39. The van der Waals surface area contributed by atoms with Gasteiger partial charge in [-0.15, -0.1) is 0 Å². The summed E-state index contributed by atoms with van der Waals surface area (Å²) >= 11 is 5.13. The molecule has 4 nitrogen and oxygen atoms in total. The highest BCUT2D eigenvalue weighted by atomic mass is 32.1. The van der Waals surface area contributed by atoms with E-state index in [1.807, 2.05) is 13.8 Å². The molecule has 0 bridgehead atoms. The molecule has 1 N–H and O–H groups in total. The summed E-state index contributed by atoms with van der Waals surface area (Å²) in [7, 11) is 0. The summed E-state index contributed by atoms with van der Waals surface area (Å²) < 4.78 is 67.6. The minimum Gasteiger partial charge on any atom is -0.363 e. The van der Waals surface area contributed by atoms with Crippen LogP contribution in [0, 0.1) is 35.0 Å². The smallest absolute Gasteiger partial charge is 0.226 e. The fourth-order valence-electron chi connectivity index (χ4n) is 2.62. The third kappa shape index (κ3) is 4.22. The largest absolute Gasteiger partial charge is 0.363 e. The van der Waals surface area contributed by atoms with Gasteiger partial charge >= 0.3 is 0 Å². The standard InChI is InChI=1S/C16H18F5N3OS/c1-8(2)7-9(25)22-16(26)24-5-3-23(4-6-24)15-13(20)11(18)10(17)12(19)14(15)21/h8H,3-7H2,1-2H3,(H,22,25,26). The van der Waals surface area contributed by atoms with Gasteiger partial charge in [0.1, 0.15) is 5.69 Å². The Morgan fingerprint density at radius 2 is 1.42 bits per heavy atom. The Labute approximate surface area is 152 Å². The van der Waals surface area contributed by atoms with Crippen LogP contribution in [-0.4, -0.2) is 42.1 Å². The minimum absolute atomic E-state index is 0.0153. The van der Waals surface area contributed by atoms with Crippen molar-refractivity contribution < 1.29 is 26.7 Å². The average molecular weight is 395 g/mol. The van der Waals surface area contributed by atoms with Crippen LogP contribution in [0.3, 0.4) is 0 Å². The number of carbonyl (C=O) groups is 1. The Bertz CT molecular complexity index is 691. The molecule has 0 atom stereocenters. The van der Waals surface area contributed by atoms with E-state index in [0.717, 1.165) is 4.90 Å². The van der Waals surface area contributed by atoms with E-state index in [1.54, 1.807) is 4.90 Å². The number of nitrogens with zero attached hydrogens (tertiary/aromatic N) is 2. The van der Waals surface area contributed by atoms with Gasteiger partial charge in [0.25, 0.3) is 0 Å². The summed E-state index contributed by atoms with van der Waals surface area (Å²) in [5, 5.41) is 2.74. The fourth-order valence-corrected chi connectivity index (χ4v) is 2.92. The van der Waals surface area contributed by atoms with E-state index in [9.17, 15) is 26.7 Å². The number of rotatable bonds is 3. The van der Waals surface area contributed by atoms with Crippen LogP contribution in [0.4, 0.5) is 27.6 Å². The predicted octanol–water partition coefficient (Wildman–Crippen LogP) is 2.95. The van der Waals surface area contributed by atoms with Gasteiger partial charge in [0.2, 0.25) is 11.7 Å². The number of hydrogen-bond donors (Lipinski definition) is 1. The second-order valence-corrected chi connectivity index (χ2v) is 6.73. The number of thiocarbonyl (C=S) groups is 1. The second kappa shape index (κ2) is 8.15. The van der Waals surface area contributed by atoms with Crippen molar-refractivity contribution in [1.82, 2.24) is 10.2 Å². The van der Waals surface area contributed by atoms with Gasteiger partial charge in [-0.2, -0.15) is 0 Å². The van der Waals surface area contributed by atoms with Crippen molar-refractivity contribution in [2.75, 3.05) is 31.1 Å². The van der Waals surface area contributed by atoms with Crippen LogP contribution in [0.2, 0.25) is 0 Å². The zero-order chi connectivity index (χ0) is 19.6. The summed E-state index contributed by atoms with van der Waals surface area (Å²) in [4.78, 5) is 14.4. The Kier molecular flexibility index (Phi) is 6.38. The molecule has 0 radical (unpaired) electrons. The molecule has 0 unspecified atom stereocenters. The van der Waals surface area contributed by atoms with Crippen LogP contribution in [0.25, 0.3) is 0 Å². The van der Waals surface area contributed by atoms with Crippen molar-refractivity contribution in [2.45, 2.75) is 20.3 Å². The quantitative estimate of drug-likeness (QED) is 0.370. The van der Waals surface area contributed by atoms with Crippen LogP contribution in [0.5, 0.6) is 0 Å². The molecule has 144 valence electrons. The molecule has 0 saturated carbocycles. The summed E-state index contributed by atoms with van der Waals surface area (Å²) in [5.74, 6) is -9.94. The van der Waals surface area contributed by atoms with Gasteiger partial charge in [-0.3, -0.25) is 4.79 Å². The first kappa shape index (κ1) is 20.3. The molecule has 1 amide bonds. The number of amides is 1. The molecule has 1 aliphatic heterocycles. The van der Waals surface area contributed by atoms with Crippen LogP contribution < -0.4 is 10.2 Å². The van der Waals surface area contributed by atoms with Gasteiger partial charge in [0.15, 0.2) is 28.4 Å². The van der Waals surface area contributed by atoms with Crippen LogP contribution >= 0.6 is 12.2 Å². The van der Waals surface area contributed by atoms with Crippen molar-refractivity contribution in [3.63, 3.8) is 0 Å². The number of anilines is 1. The summed E-state index contributed by atoms with van der Waals surface area (Å²) in [6.07, 6.45) is 0.296. The number of carbonyl (C=O) groups excluding carboxylic acids is 1. The number of hydrogen-bond acceptors (Lipinski definition) is 3. The van der Waals surface area contributed by atoms with E-state index < -0.39 is 34.8 Å². The second-order valence-electron chi connectivity index (χ2n) is 6.34. The monoisotopic (exact) mass is 395 g/mol. The molecular weight excluding hydrogens is 377 g/mol. The lowest BCUT2D eigenvalue weighted by molar-refractivity contribution is -0.120. The molecule has 1 aromatic rings. The first-order chi connectivity index (χ1) is 12.1.